The molecule has 5 heteroatoms. The van der Waals surface area contributed by atoms with E-state index in [1.807, 2.05) is 0 Å². The fraction of sp³-hybridized carbons (Fsp3) is 0.647. The molecule has 0 spiro atoms. The summed E-state index contributed by atoms with van der Waals surface area (Å²) >= 11 is 0. The molecule has 0 radical (unpaired) electrons. The van der Waals surface area contributed by atoms with E-state index in [-0.39, 0.29) is 18.3 Å². The van der Waals surface area contributed by atoms with Crippen LogP contribution in [0.25, 0.3) is 0 Å². The minimum absolute atomic E-state index is 0.283. The molecule has 2 aliphatic heterocycles. The number of nitrogens with zero attached hydrogens (tertiary/aromatic N) is 1. The van der Waals surface area contributed by atoms with E-state index in [9.17, 15) is 0 Å². The van der Waals surface area contributed by atoms with Crippen LogP contribution in [0.2, 0.25) is 0 Å². The highest BCUT2D eigenvalue weighted by atomic mass is 16.7. The molecule has 22 heavy (non-hydrogen) atoms. The highest BCUT2D eigenvalue weighted by Gasteiger charge is 2.51. The van der Waals surface area contributed by atoms with E-state index in [1.165, 1.54) is 5.69 Å². The summed E-state index contributed by atoms with van der Waals surface area (Å²) in [5, 5.41) is 0. The first-order valence-electron chi connectivity index (χ1n) is 8.25. The summed E-state index contributed by atoms with van der Waals surface area (Å²) in [6, 6.07) is 8.92. The third-order valence-electron chi connectivity index (χ3n) is 5.32. The van der Waals surface area contributed by atoms with Gasteiger partial charge in [-0.05, 0) is 58.1 Å². The number of hydrogen-bond acceptors (Lipinski definition) is 4. The Morgan fingerprint density at radius 3 is 2.00 bits per heavy atom. The van der Waals surface area contributed by atoms with Gasteiger partial charge in [0.1, 0.15) is 0 Å². The summed E-state index contributed by atoms with van der Waals surface area (Å²) in [5.41, 5.74) is 7.72. The number of benzene rings is 1. The Labute approximate surface area is 134 Å². The van der Waals surface area contributed by atoms with Crippen LogP contribution in [0.4, 0.5) is 5.69 Å². The molecule has 120 valence electrons. The standard InChI is InChI=1S/C17H27BN2O2/c1-16(2)17(3,4)22-18(21-16)13-5-7-15(8-6-13)20-11-9-14(19)10-12-20/h5-8,14H,9-12,19H2,1-4H3. The van der Waals surface area contributed by atoms with E-state index in [4.69, 9.17) is 15.0 Å². The number of nitrogens with two attached hydrogens (primary N) is 1. The normalized spacial score (nSPS) is 24.8. The van der Waals surface area contributed by atoms with Crippen LogP contribution in [0.1, 0.15) is 40.5 Å². The minimum atomic E-state index is -0.292. The molecule has 4 nitrogen and oxygen atoms in total. The number of hydrogen-bond donors (Lipinski definition) is 1. The van der Waals surface area contributed by atoms with Crippen molar-refractivity contribution >= 4 is 18.3 Å². The average molecular weight is 302 g/mol. The van der Waals surface area contributed by atoms with E-state index in [0.29, 0.717) is 6.04 Å². The summed E-state index contributed by atoms with van der Waals surface area (Å²) < 4.78 is 12.2. The lowest BCUT2D eigenvalue weighted by Gasteiger charge is -2.32. The van der Waals surface area contributed by atoms with E-state index < -0.39 is 0 Å². The van der Waals surface area contributed by atoms with Crippen molar-refractivity contribution in [2.24, 2.45) is 5.73 Å². The van der Waals surface area contributed by atoms with Gasteiger partial charge < -0.3 is 19.9 Å². The van der Waals surface area contributed by atoms with Gasteiger partial charge >= 0.3 is 7.12 Å². The van der Waals surface area contributed by atoms with Crippen LogP contribution in [-0.2, 0) is 9.31 Å². The van der Waals surface area contributed by atoms with Crippen LogP contribution in [-0.4, -0.2) is 37.5 Å². The summed E-state index contributed by atoms with van der Waals surface area (Å²) in [6.45, 7) is 10.4. The molecule has 2 saturated heterocycles. The highest BCUT2D eigenvalue weighted by molar-refractivity contribution is 6.62. The summed E-state index contributed by atoms with van der Waals surface area (Å²) in [6.07, 6.45) is 2.14. The third-order valence-corrected chi connectivity index (χ3v) is 5.32. The van der Waals surface area contributed by atoms with Gasteiger partial charge in [-0.25, -0.2) is 0 Å². The lowest BCUT2D eigenvalue weighted by molar-refractivity contribution is 0.00578. The second-order valence-electron chi connectivity index (χ2n) is 7.50. The predicted molar refractivity (Wildman–Crippen MR) is 91.6 cm³/mol. The molecule has 0 aromatic heterocycles. The Hall–Kier alpha value is -1.04. The molecule has 0 aliphatic carbocycles. The molecular weight excluding hydrogens is 275 g/mol. The maximum absolute atomic E-state index is 6.10. The monoisotopic (exact) mass is 302 g/mol. The first-order chi connectivity index (χ1) is 10.3. The SMILES string of the molecule is CC1(C)OB(c2ccc(N3CCC(N)CC3)cc2)OC1(C)C. The Morgan fingerprint density at radius 2 is 1.50 bits per heavy atom. The van der Waals surface area contributed by atoms with Gasteiger partial charge in [0, 0.05) is 24.8 Å². The molecule has 0 atom stereocenters. The molecule has 2 N–H and O–H groups in total. The predicted octanol–water partition coefficient (Wildman–Crippen LogP) is 1.91. The Bertz CT molecular complexity index is 506. The molecule has 0 bridgehead atoms. The zero-order valence-corrected chi connectivity index (χ0v) is 14.1. The van der Waals surface area contributed by atoms with E-state index in [1.54, 1.807) is 0 Å². The molecular formula is C17H27BN2O2. The topological polar surface area (TPSA) is 47.7 Å². The second kappa shape index (κ2) is 5.55. The zero-order chi connectivity index (χ0) is 16.0. The fourth-order valence-electron chi connectivity index (χ4n) is 2.98. The molecule has 0 unspecified atom stereocenters. The Morgan fingerprint density at radius 1 is 1.00 bits per heavy atom. The highest BCUT2D eigenvalue weighted by Crippen LogP contribution is 2.36. The van der Waals surface area contributed by atoms with Crippen molar-refractivity contribution < 1.29 is 9.31 Å². The Kier molecular flexibility index (Phi) is 4.00. The van der Waals surface area contributed by atoms with Crippen molar-refractivity contribution in [3.05, 3.63) is 24.3 Å². The molecule has 2 fully saturated rings. The minimum Gasteiger partial charge on any atom is -0.399 e. The van der Waals surface area contributed by atoms with Crippen LogP contribution < -0.4 is 16.1 Å². The van der Waals surface area contributed by atoms with Gasteiger partial charge in [-0.1, -0.05) is 12.1 Å². The first-order valence-corrected chi connectivity index (χ1v) is 8.25. The third kappa shape index (κ3) is 2.90. The lowest BCUT2D eigenvalue weighted by atomic mass is 9.79. The first kappa shape index (κ1) is 15.8. The quantitative estimate of drug-likeness (QED) is 0.848. The zero-order valence-electron chi connectivity index (χ0n) is 14.1. The van der Waals surface area contributed by atoms with E-state index in [2.05, 4.69) is 56.9 Å². The van der Waals surface area contributed by atoms with E-state index in [0.717, 1.165) is 31.4 Å². The van der Waals surface area contributed by atoms with Crippen LogP contribution in [0.5, 0.6) is 0 Å². The molecule has 1 aromatic rings. The van der Waals surface area contributed by atoms with Crippen LogP contribution in [0.3, 0.4) is 0 Å². The van der Waals surface area contributed by atoms with Crippen molar-refractivity contribution in [1.29, 1.82) is 0 Å². The van der Waals surface area contributed by atoms with Gasteiger partial charge in [-0.3, -0.25) is 0 Å². The smallest absolute Gasteiger partial charge is 0.399 e. The molecule has 2 heterocycles. The van der Waals surface area contributed by atoms with Gasteiger partial charge in [0.05, 0.1) is 11.2 Å². The molecule has 2 aliphatic rings. The Balaban J connectivity index is 1.70. The van der Waals surface area contributed by atoms with Crippen molar-refractivity contribution in [1.82, 2.24) is 0 Å². The maximum atomic E-state index is 6.10. The largest absolute Gasteiger partial charge is 0.494 e. The van der Waals surface area contributed by atoms with Gasteiger partial charge in [0.2, 0.25) is 0 Å². The number of rotatable bonds is 2. The summed E-state index contributed by atoms with van der Waals surface area (Å²) in [4.78, 5) is 2.40. The van der Waals surface area contributed by atoms with Gasteiger partial charge in [-0.2, -0.15) is 0 Å². The fourth-order valence-corrected chi connectivity index (χ4v) is 2.98. The number of piperidine rings is 1. The van der Waals surface area contributed by atoms with Gasteiger partial charge in [-0.15, -0.1) is 0 Å². The van der Waals surface area contributed by atoms with Crippen molar-refractivity contribution in [3.8, 4) is 0 Å². The van der Waals surface area contributed by atoms with E-state index >= 15 is 0 Å². The summed E-state index contributed by atoms with van der Waals surface area (Å²) in [7, 11) is -0.283. The van der Waals surface area contributed by atoms with Crippen molar-refractivity contribution in [2.75, 3.05) is 18.0 Å². The van der Waals surface area contributed by atoms with Gasteiger partial charge in [0.25, 0.3) is 0 Å². The average Bonchev–Trinajstić information content (AvgIpc) is 2.68. The molecule has 3 rings (SSSR count). The van der Waals surface area contributed by atoms with Gasteiger partial charge in [0.15, 0.2) is 0 Å². The van der Waals surface area contributed by atoms with Crippen molar-refractivity contribution in [3.63, 3.8) is 0 Å². The molecule has 1 aromatic carbocycles. The molecule has 0 saturated carbocycles. The maximum Gasteiger partial charge on any atom is 0.494 e. The number of anilines is 1. The van der Waals surface area contributed by atoms with Crippen LogP contribution >= 0.6 is 0 Å². The summed E-state index contributed by atoms with van der Waals surface area (Å²) in [5.74, 6) is 0. The van der Waals surface area contributed by atoms with Crippen LogP contribution in [0.15, 0.2) is 24.3 Å². The van der Waals surface area contributed by atoms with Crippen molar-refractivity contribution in [2.45, 2.75) is 57.8 Å². The van der Waals surface area contributed by atoms with Crippen LogP contribution in [0, 0.1) is 0 Å². The lowest BCUT2D eigenvalue weighted by Crippen LogP contribution is -2.41. The second-order valence-corrected chi connectivity index (χ2v) is 7.50. The molecule has 0 amide bonds.